The maximum Gasteiger partial charge on any atom is 0.183 e. The zero-order valence-corrected chi connectivity index (χ0v) is 11.0. The Bertz CT molecular complexity index is 513. The molecular formula is C12H13ClN2OS. The number of thiazole rings is 1. The summed E-state index contributed by atoms with van der Waals surface area (Å²) in [7, 11) is 0. The molecule has 90 valence electrons. The van der Waals surface area contributed by atoms with Crippen molar-refractivity contribution in [2.75, 3.05) is 5.32 Å². The molecule has 0 aliphatic heterocycles. The second kappa shape index (κ2) is 5.49. The van der Waals surface area contributed by atoms with Gasteiger partial charge < -0.3 is 10.4 Å². The van der Waals surface area contributed by atoms with Gasteiger partial charge in [0.25, 0.3) is 0 Å². The van der Waals surface area contributed by atoms with Crippen molar-refractivity contribution in [3.05, 3.63) is 44.9 Å². The number of benzene rings is 1. The number of halogens is 1. The first-order chi connectivity index (χ1) is 8.19. The topological polar surface area (TPSA) is 45.1 Å². The molecule has 0 amide bonds. The lowest BCUT2D eigenvalue weighted by Crippen LogP contribution is -2.00. The fourth-order valence-electron chi connectivity index (χ4n) is 1.57. The maximum atomic E-state index is 9.02. The standard InChI is InChI=1S/C12H13ClN2OS/c1-8-4-9(7-16)2-3-11(8)14-5-10-6-15-12(13)17-10/h2-4,6,14,16H,5,7H2,1H3. The Kier molecular flexibility index (Phi) is 3.99. The van der Waals surface area contributed by atoms with Crippen LogP contribution in [-0.4, -0.2) is 10.1 Å². The summed E-state index contributed by atoms with van der Waals surface area (Å²) in [4.78, 5) is 5.09. The number of aliphatic hydroxyl groups excluding tert-OH is 1. The van der Waals surface area contributed by atoms with Gasteiger partial charge in [0.05, 0.1) is 13.2 Å². The second-order valence-electron chi connectivity index (χ2n) is 3.74. The molecule has 1 aromatic heterocycles. The SMILES string of the molecule is Cc1cc(CO)ccc1NCc1cnc(Cl)s1. The van der Waals surface area contributed by atoms with Crippen LogP contribution < -0.4 is 5.32 Å². The molecule has 1 aromatic carbocycles. The average molecular weight is 269 g/mol. The lowest BCUT2D eigenvalue weighted by Gasteiger charge is -2.09. The molecule has 0 saturated heterocycles. The molecule has 0 unspecified atom stereocenters. The van der Waals surface area contributed by atoms with Crippen LogP contribution in [0.3, 0.4) is 0 Å². The Labute approximate surface area is 109 Å². The normalized spacial score (nSPS) is 10.5. The van der Waals surface area contributed by atoms with Gasteiger partial charge in [-0.1, -0.05) is 23.7 Å². The third kappa shape index (κ3) is 3.19. The molecule has 0 bridgehead atoms. The minimum absolute atomic E-state index is 0.0750. The minimum atomic E-state index is 0.0750. The van der Waals surface area contributed by atoms with Crippen LogP contribution in [0.25, 0.3) is 0 Å². The van der Waals surface area contributed by atoms with Gasteiger partial charge in [0.1, 0.15) is 0 Å². The number of anilines is 1. The van der Waals surface area contributed by atoms with Crippen LogP contribution in [0.1, 0.15) is 16.0 Å². The van der Waals surface area contributed by atoms with E-state index in [2.05, 4.69) is 10.3 Å². The monoisotopic (exact) mass is 268 g/mol. The fourth-order valence-corrected chi connectivity index (χ4v) is 2.49. The lowest BCUT2D eigenvalue weighted by molar-refractivity contribution is 0.282. The Morgan fingerprint density at radius 2 is 2.29 bits per heavy atom. The number of rotatable bonds is 4. The number of hydrogen-bond acceptors (Lipinski definition) is 4. The van der Waals surface area contributed by atoms with Crippen LogP contribution >= 0.6 is 22.9 Å². The van der Waals surface area contributed by atoms with Crippen LogP contribution in [0.2, 0.25) is 4.47 Å². The van der Waals surface area contributed by atoms with Gasteiger partial charge in [-0.2, -0.15) is 0 Å². The van der Waals surface area contributed by atoms with Gasteiger partial charge in [0, 0.05) is 16.8 Å². The Morgan fingerprint density at radius 1 is 1.47 bits per heavy atom. The summed E-state index contributed by atoms with van der Waals surface area (Å²) >= 11 is 7.24. The smallest absolute Gasteiger partial charge is 0.183 e. The number of nitrogens with zero attached hydrogens (tertiary/aromatic N) is 1. The molecule has 0 atom stereocenters. The first-order valence-corrected chi connectivity index (χ1v) is 6.43. The number of aromatic nitrogens is 1. The molecule has 0 radical (unpaired) electrons. The van der Waals surface area contributed by atoms with E-state index in [1.165, 1.54) is 11.3 Å². The molecule has 2 rings (SSSR count). The lowest BCUT2D eigenvalue weighted by atomic mass is 10.1. The number of aliphatic hydroxyl groups is 1. The Balaban J connectivity index is 2.04. The molecule has 2 aromatic rings. The molecule has 2 N–H and O–H groups in total. The van der Waals surface area contributed by atoms with Crippen LogP contribution in [0.4, 0.5) is 5.69 Å². The van der Waals surface area contributed by atoms with Crippen LogP contribution in [-0.2, 0) is 13.2 Å². The van der Waals surface area contributed by atoms with Crippen LogP contribution in [0, 0.1) is 6.92 Å². The number of nitrogens with one attached hydrogen (secondary N) is 1. The summed E-state index contributed by atoms with van der Waals surface area (Å²) in [6.45, 7) is 2.80. The molecule has 0 saturated carbocycles. The van der Waals surface area contributed by atoms with Gasteiger partial charge in [-0.05, 0) is 24.1 Å². The Morgan fingerprint density at radius 3 is 2.88 bits per heavy atom. The first-order valence-electron chi connectivity index (χ1n) is 5.23. The van der Waals surface area contributed by atoms with Crippen molar-refractivity contribution < 1.29 is 5.11 Å². The highest BCUT2D eigenvalue weighted by Crippen LogP contribution is 2.21. The molecule has 0 aliphatic carbocycles. The molecule has 0 aliphatic rings. The second-order valence-corrected chi connectivity index (χ2v) is 5.44. The van der Waals surface area contributed by atoms with E-state index in [0.29, 0.717) is 11.0 Å². The summed E-state index contributed by atoms with van der Waals surface area (Å²) in [6.07, 6.45) is 1.78. The van der Waals surface area contributed by atoms with E-state index >= 15 is 0 Å². The van der Waals surface area contributed by atoms with Gasteiger partial charge in [-0.25, -0.2) is 4.98 Å². The number of hydrogen-bond donors (Lipinski definition) is 2. The van der Waals surface area contributed by atoms with E-state index in [4.69, 9.17) is 16.7 Å². The van der Waals surface area contributed by atoms with E-state index < -0.39 is 0 Å². The summed E-state index contributed by atoms with van der Waals surface area (Å²) < 4.78 is 0.564. The van der Waals surface area contributed by atoms with Crippen molar-refractivity contribution in [2.24, 2.45) is 0 Å². The van der Waals surface area contributed by atoms with Crippen molar-refractivity contribution >= 4 is 28.6 Å². The van der Waals surface area contributed by atoms with E-state index in [1.807, 2.05) is 25.1 Å². The largest absolute Gasteiger partial charge is 0.392 e. The third-order valence-electron chi connectivity index (χ3n) is 2.45. The fraction of sp³-hybridized carbons (Fsp3) is 0.250. The first kappa shape index (κ1) is 12.4. The summed E-state index contributed by atoms with van der Waals surface area (Å²) in [5.74, 6) is 0. The molecule has 0 fully saturated rings. The van der Waals surface area contributed by atoms with E-state index in [0.717, 1.165) is 21.7 Å². The predicted octanol–water partition coefficient (Wildman–Crippen LogP) is 3.21. The van der Waals surface area contributed by atoms with Crippen LogP contribution in [0.15, 0.2) is 24.4 Å². The highest BCUT2D eigenvalue weighted by molar-refractivity contribution is 7.15. The zero-order valence-electron chi connectivity index (χ0n) is 9.40. The average Bonchev–Trinajstić information content (AvgIpc) is 2.73. The minimum Gasteiger partial charge on any atom is -0.392 e. The van der Waals surface area contributed by atoms with Gasteiger partial charge >= 0.3 is 0 Å². The predicted molar refractivity (Wildman–Crippen MR) is 71.6 cm³/mol. The highest BCUT2D eigenvalue weighted by atomic mass is 35.5. The van der Waals surface area contributed by atoms with Crippen molar-refractivity contribution in [3.63, 3.8) is 0 Å². The molecule has 17 heavy (non-hydrogen) atoms. The van der Waals surface area contributed by atoms with Crippen LogP contribution in [0.5, 0.6) is 0 Å². The van der Waals surface area contributed by atoms with Crippen molar-refractivity contribution in [2.45, 2.75) is 20.1 Å². The Hall–Kier alpha value is -1.10. The maximum absolute atomic E-state index is 9.02. The van der Waals surface area contributed by atoms with Crippen molar-refractivity contribution in [1.29, 1.82) is 0 Å². The summed E-state index contributed by atoms with van der Waals surface area (Å²) in [5, 5.41) is 12.3. The van der Waals surface area contributed by atoms with Gasteiger partial charge in [-0.15, -0.1) is 11.3 Å². The molecular weight excluding hydrogens is 256 g/mol. The van der Waals surface area contributed by atoms with E-state index in [-0.39, 0.29) is 6.61 Å². The molecule has 0 spiro atoms. The van der Waals surface area contributed by atoms with E-state index in [1.54, 1.807) is 6.20 Å². The highest BCUT2D eigenvalue weighted by Gasteiger charge is 2.02. The van der Waals surface area contributed by atoms with Gasteiger partial charge in [-0.3, -0.25) is 0 Å². The summed E-state index contributed by atoms with van der Waals surface area (Å²) in [5.41, 5.74) is 3.10. The molecule has 5 heteroatoms. The van der Waals surface area contributed by atoms with E-state index in [9.17, 15) is 0 Å². The van der Waals surface area contributed by atoms with Crippen molar-refractivity contribution in [3.8, 4) is 0 Å². The van der Waals surface area contributed by atoms with Gasteiger partial charge in [0.15, 0.2) is 4.47 Å². The van der Waals surface area contributed by atoms with Crippen molar-refractivity contribution in [1.82, 2.24) is 4.98 Å². The summed E-state index contributed by atoms with van der Waals surface area (Å²) in [6, 6.07) is 5.86. The zero-order chi connectivity index (χ0) is 12.3. The quantitative estimate of drug-likeness (QED) is 0.895. The third-order valence-corrected chi connectivity index (χ3v) is 3.57. The number of aryl methyl sites for hydroxylation is 1. The molecule has 1 heterocycles. The van der Waals surface area contributed by atoms with Gasteiger partial charge in [0.2, 0.25) is 0 Å². The molecule has 3 nitrogen and oxygen atoms in total.